The van der Waals surface area contributed by atoms with Crippen molar-refractivity contribution in [1.29, 1.82) is 0 Å². The Labute approximate surface area is 653 Å². The number of hydrogen-bond acceptors (Lipinski definition) is 6. The summed E-state index contributed by atoms with van der Waals surface area (Å²) in [6.45, 7) is 1.89. The van der Waals surface area contributed by atoms with Crippen molar-refractivity contribution in [1.82, 2.24) is 0 Å². The van der Waals surface area contributed by atoms with E-state index >= 15 is 0 Å². The lowest BCUT2D eigenvalue weighted by atomic mass is 9.31. The summed E-state index contributed by atoms with van der Waals surface area (Å²) in [4.78, 5) is 15.3. The van der Waals surface area contributed by atoms with Crippen molar-refractivity contribution in [2.24, 2.45) is 0 Å². The van der Waals surface area contributed by atoms with Crippen molar-refractivity contribution < 1.29 is 0 Å². The van der Waals surface area contributed by atoms with E-state index in [9.17, 15) is 0 Å². The summed E-state index contributed by atoms with van der Waals surface area (Å²) in [5.41, 5.74) is 36.7. The second-order valence-corrected chi connectivity index (χ2v) is 30.1. The van der Waals surface area contributed by atoms with E-state index in [-0.39, 0.29) is 13.4 Å². The van der Waals surface area contributed by atoms with E-state index in [1.54, 1.807) is 0 Å². The summed E-state index contributed by atoms with van der Waals surface area (Å²) >= 11 is 1.92. The van der Waals surface area contributed by atoms with Gasteiger partial charge in [0.2, 0.25) is 6.71 Å². The van der Waals surface area contributed by atoms with Crippen LogP contribution in [0.5, 0.6) is 0 Å². The highest BCUT2D eigenvalue weighted by Crippen LogP contribution is 2.55. The van der Waals surface area contributed by atoms with E-state index in [1.807, 2.05) is 11.8 Å². The zero-order chi connectivity index (χ0) is 73.5. The van der Waals surface area contributed by atoms with E-state index in [2.05, 4.69) is 444 Å². The summed E-state index contributed by atoms with van der Waals surface area (Å²) in [6, 6.07) is 153. The second-order valence-electron chi connectivity index (χ2n) is 29.0. The smallest absolute Gasteiger partial charge is 0.252 e. The minimum absolute atomic E-state index is 0.184. The van der Waals surface area contributed by atoms with Gasteiger partial charge in [-0.2, -0.15) is 0 Å². The molecule has 0 fully saturated rings. The molecule has 4 heterocycles. The number of aryl methyl sites for hydroxylation is 1. The molecule has 0 N–H and O–H groups in total. The molecule has 0 saturated heterocycles. The van der Waals surface area contributed by atoms with Crippen LogP contribution in [0.1, 0.15) is 5.56 Å². The molecule has 4 aliphatic heterocycles. The molecule has 111 heavy (non-hydrogen) atoms. The van der Waals surface area contributed by atoms with Gasteiger partial charge in [-0.1, -0.05) is 339 Å². The lowest BCUT2D eigenvalue weighted by Crippen LogP contribution is -2.64. The Kier molecular flexibility index (Phi) is 16.2. The minimum Gasteiger partial charge on any atom is -0.311 e. The average Bonchev–Trinajstić information content (AvgIpc) is 0.683. The van der Waals surface area contributed by atoms with E-state index in [4.69, 9.17) is 0 Å². The third-order valence-corrected chi connectivity index (χ3v) is 23.9. The van der Waals surface area contributed by atoms with Gasteiger partial charge in [-0.3, -0.25) is 0 Å². The Morgan fingerprint density at radius 1 is 0.225 bits per heavy atom. The summed E-state index contributed by atoms with van der Waals surface area (Å²) < 4.78 is 0. The Morgan fingerprint density at radius 3 is 1.05 bits per heavy atom. The fraction of sp³-hybridized carbons (Fsp3) is 0.00971. The zero-order valence-corrected chi connectivity index (χ0v) is 61.9. The van der Waals surface area contributed by atoms with Crippen molar-refractivity contribution in [3.8, 4) is 55.6 Å². The topological polar surface area (TPSA) is 16.2 Å². The predicted octanol–water partition coefficient (Wildman–Crippen LogP) is 24.1. The molecule has 21 rings (SSSR count). The van der Waals surface area contributed by atoms with Gasteiger partial charge in [0.1, 0.15) is 0 Å². The monoisotopic (exact) mass is 1430 g/mol. The first-order chi connectivity index (χ1) is 55.1. The molecule has 0 spiro atoms. The van der Waals surface area contributed by atoms with Crippen LogP contribution in [0, 0.1) is 6.92 Å². The molecular weight excluding hydrogens is 1360 g/mol. The summed E-state index contributed by atoms with van der Waals surface area (Å²) in [7, 11) is 0. The molecule has 17 aromatic carbocycles. The second kappa shape index (κ2) is 27.5. The summed E-state index contributed by atoms with van der Waals surface area (Å²) in [5.74, 6) is 0. The van der Waals surface area contributed by atoms with Gasteiger partial charge in [0.15, 0.2) is 0 Å². The molecular formula is C103H71B2N5S. The molecule has 0 bridgehead atoms. The highest BCUT2D eigenvalue weighted by molar-refractivity contribution is 8.00. The molecule has 0 aliphatic carbocycles. The Hall–Kier alpha value is -13.8. The summed E-state index contributed by atoms with van der Waals surface area (Å²) in [6.07, 6.45) is 0. The third kappa shape index (κ3) is 11.0. The molecule has 0 radical (unpaired) electrons. The number of nitrogens with zero attached hydrogens (tertiary/aromatic N) is 5. The first-order valence-corrected chi connectivity index (χ1v) is 39.1. The number of para-hydroxylation sites is 9. The minimum atomic E-state index is -0.242. The fourth-order valence-electron chi connectivity index (χ4n) is 18.1. The van der Waals surface area contributed by atoms with Crippen LogP contribution < -0.4 is 57.3 Å². The van der Waals surface area contributed by atoms with Gasteiger partial charge in [-0.15, -0.1) is 0 Å². The van der Waals surface area contributed by atoms with Gasteiger partial charge >= 0.3 is 0 Å². The van der Waals surface area contributed by atoms with Crippen molar-refractivity contribution in [3.05, 3.63) is 418 Å². The highest BCUT2D eigenvalue weighted by atomic mass is 32.2. The van der Waals surface area contributed by atoms with E-state index in [0.717, 1.165) is 147 Å². The van der Waals surface area contributed by atoms with Crippen molar-refractivity contribution in [2.45, 2.75) is 16.7 Å². The van der Waals surface area contributed by atoms with Gasteiger partial charge in [0.05, 0.1) is 34.1 Å². The van der Waals surface area contributed by atoms with Crippen LogP contribution in [0.4, 0.5) is 85.3 Å². The molecule has 4 aliphatic rings. The van der Waals surface area contributed by atoms with Gasteiger partial charge in [-0.25, -0.2) is 0 Å². The highest BCUT2D eigenvalue weighted by Gasteiger charge is 2.49. The van der Waals surface area contributed by atoms with Crippen LogP contribution in [-0.2, 0) is 0 Å². The molecule has 17 aromatic rings. The maximum Gasteiger partial charge on any atom is 0.252 e. The van der Waals surface area contributed by atoms with Crippen LogP contribution in [0.15, 0.2) is 422 Å². The van der Waals surface area contributed by atoms with Gasteiger partial charge < -0.3 is 24.5 Å². The average molecular weight is 1430 g/mol. The first-order valence-electron chi connectivity index (χ1n) is 38.3. The zero-order valence-electron chi connectivity index (χ0n) is 61.1. The number of anilines is 15. The quantitative estimate of drug-likeness (QED) is 0.100. The lowest BCUT2D eigenvalue weighted by molar-refractivity contribution is 1.21. The maximum atomic E-state index is 2.69. The standard InChI is InChI=1S/C103H71B2N5S/c1-70-36-35-55-84(75-45-17-6-18-46-75)103(70)110-95-69-99-88(105-86-57-28-34-63-94(86)109(92-61-32-26-54-83(92)74-43-15-5-16-44-74)98-66-79(67-100(111-99)102(98)105)107(77-49-21-8-22-50-77)90-59-30-24-52-81(90)72-39-11-3-12-40-72)68-87(95)104-85-56-27-33-62-93(85)108(91-60-31-25-53-82(91)73-41-13-4-14-42-73)96-64-78(65-97(110)101(96)104)106(76-47-19-7-20-48-76)89-58-29-23-51-80(89)71-37-9-2-10-38-71/h2-69H,1H3. The number of rotatable bonds is 14. The van der Waals surface area contributed by atoms with Crippen molar-refractivity contribution in [3.63, 3.8) is 0 Å². The fourth-order valence-corrected chi connectivity index (χ4v) is 19.3. The van der Waals surface area contributed by atoms with Gasteiger partial charge in [0, 0.05) is 88.8 Å². The van der Waals surface area contributed by atoms with Crippen LogP contribution in [-0.4, -0.2) is 13.4 Å². The molecule has 0 saturated carbocycles. The molecule has 0 unspecified atom stereocenters. The Balaban J connectivity index is 0.876. The summed E-state index contributed by atoms with van der Waals surface area (Å²) in [5, 5.41) is 0. The third-order valence-electron chi connectivity index (χ3n) is 22.8. The van der Waals surface area contributed by atoms with Crippen LogP contribution in [0.25, 0.3) is 55.6 Å². The van der Waals surface area contributed by atoms with Crippen molar-refractivity contribution in [2.75, 3.05) is 24.5 Å². The van der Waals surface area contributed by atoms with Crippen LogP contribution in [0.2, 0.25) is 0 Å². The van der Waals surface area contributed by atoms with Gasteiger partial charge in [-0.05, 0) is 159 Å². The maximum absolute atomic E-state index is 2.69. The van der Waals surface area contributed by atoms with E-state index < -0.39 is 0 Å². The molecule has 0 atom stereocenters. The molecule has 520 valence electrons. The SMILES string of the molecule is Cc1cccc(-c2ccccc2)c1N1c2cc3c(cc2B2c4ccccc4N(c4ccccc4-c4ccccc4)c4cc(N(c5ccccc5)c5ccccc5-c5ccccc5)cc1c42)B1c2ccccc2N(c2ccccc2-c2ccccc2)c2cc(N(c4ccccc4)c4ccccc4-c4ccccc4)cc(c21)S3. The number of benzene rings is 17. The first kappa shape index (κ1) is 65.5. The largest absolute Gasteiger partial charge is 0.311 e. The Bertz CT molecular complexity index is 6430. The Morgan fingerprint density at radius 2 is 0.577 bits per heavy atom. The molecule has 0 aromatic heterocycles. The lowest BCUT2D eigenvalue weighted by Gasteiger charge is -2.47. The predicted molar refractivity (Wildman–Crippen MR) is 472 cm³/mol. The van der Waals surface area contributed by atoms with E-state index in [1.165, 1.54) is 42.6 Å². The molecule has 0 amide bonds. The van der Waals surface area contributed by atoms with Crippen LogP contribution in [0.3, 0.4) is 0 Å². The van der Waals surface area contributed by atoms with Crippen LogP contribution >= 0.6 is 11.8 Å². The molecule has 8 heteroatoms. The van der Waals surface area contributed by atoms with E-state index in [0.29, 0.717) is 0 Å². The molecule has 5 nitrogen and oxygen atoms in total. The number of fused-ring (bicyclic) bond motifs is 8. The number of hydrogen-bond donors (Lipinski definition) is 0. The van der Waals surface area contributed by atoms with Crippen molar-refractivity contribution >= 4 is 143 Å². The normalized spacial score (nSPS) is 12.6. The van der Waals surface area contributed by atoms with Gasteiger partial charge in [0.25, 0.3) is 6.71 Å².